The Hall–Kier alpha value is -2.44. The Balaban J connectivity index is 1.62. The molecule has 126 valence electrons. The number of fused-ring (bicyclic) bond motifs is 1. The monoisotopic (exact) mass is 370 g/mol. The highest BCUT2D eigenvalue weighted by atomic mass is 35.5. The van der Waals surface area contributed by atoms with Gasteiger partial charge in [0.15, 0.2) is 0 Å². The molecule has 0 fully saturated rings. The second kappa shape index (κ2) is 6.82. The number of hydrogen-bond donors (Lipinski definition) is 2. The molecule has 0 saturated heterocycles. The number of para-hydroxylation sites is 1. The van der Waals surface area contributed by atoms with E-state index in [1.165, 1.54) is 0 Å². The summed E-state index contributed by atoms with van der Waals surface area (Å²) in [7, 11) is 0. The molecule has 0 spiro atoms. The van der Waals surface area contributed by atoms with Gasteiger partial charge >= 0.3 is 6.03 Å². The van der Waals surface area contributed by atoms with Gasteiger partial charge in [0, 0.05) is 27.8 Å². The van der Waals surface area contributed by atoms with Crippen LogP contribution in [0.25, 0.3) is 5.69 Å². The molecule has 2 N–H and O–H groups in total. The van der Waals surface area contributed by atoms with Crippen molar-refractivity contribution >= 4 is 40.9 Å². The van der Waals surface area contributed by atoms with Gasteiger partial charge < -0.3 is 5.32 Å². The maximum atomic E-state index is 12.5. The molecule has 3 aromatic rings. The van der Waals surface area contributed by atoms with Gasteiger partial charge in [0.25, 0.3) is 0 Å². The summed E-state index contributed by atoms with van der Waals surface area (Å²) in [5, 5.41) is 11.0. The molecule has 4 rings (SSSR count). The lowest BCUT2D eigenvalue weighted by atomic mass is 10.2. The molecule has 7 heteroatoms. The van der Waals surface area contributed by atoms with Crippen LogP contribution in [0, 0.1) is 0 Å². The third-order valence-corrected chi connectivity index (χ3v) is 5.07. The summed E-state index contributed by atoms with van der Waals surface area (Å²) in [5.41, 5.74) is 3.66. The summed E-state index contributed by atoms with van der Waals surface area (Å²) >= 11 is 7.76. The van der Waals surface area contributed by atoms with Crippen LogP contribution in [-0.2, 0) is 11.5 Å². The Morgan fingerprint density at radius 2 is 1.92 bits per heavy atom. The van der Waals surface area contributed by atoms with Crippen LogP contribution in [0.1, 0.15) is 11.3 Å². The zero-order valence-electron chi connectivity index (χ0n) is 13.2. The average Bonchev–Trinajstić information content (AvgIpc) is 3.18. The maximum absolute atomic E-state index is 12.5. The van der Waals surface area contributed by atoms with Crippen molar-refractivity contribution in [1.29, 1.82) is 0 Å². The molecule has 0 atom stereocenters. The number of carbonyl (C=O) groups excluding carboxylic acids is 1. The summed E-state index contributed by atoms with van der Waals surface area (Å²) in [4.78, 5) is 12.5. The number of rotatable bonds is 3. The molecule has 2 amide bonds. The van der Waals surface area contributed by atoms with Crippen LogP contribution >= 0.6 is 23.4 Å². The summed E-state index contributed by atoms with van der Waals surface area (Å²) in [5.74, 6) is 2.42. The lowest BCUT2D eigenvalue weighted by Gasteiger charge is -2.12. The fraction of sp³-hybridized carbons (Fsp3) is 0.111. The highest BCUT2D eigenvalue weighted by Crippen LogP contribution is 2.36. The Morgan fingerprint density at radius 3 is 2.72 bits per heavy atom. The van der Waals surface area contributed by atoms with Crippen LogP contribution in [0.3, 0.4) is 0 Å². The molecule has 1 aromatic heterocycles. The van der Waals surface area contributed by atoms with E-state index in [1.807, 2.05) is 30.3 Å². The fourth-order valence-electron chi connectivity index (χ4n) is 2.73. The van der Waals surface area contributed by atoms with E-state index in [0.29, 0.717) is 16.5 Å². The van der Waals surface area contributed by atoms with Crippen molar-refractivity contribution in [2.45, 2.75) is 11.5 Å². The molecule has 0 radical (unpaired) electrons. The van der Waals surface area contributed by atoms with Crippen LogP contribution in [0.15, 0.2) is 54.6 Å². The molecule has 5 nitrogen and oxygen atoms in total. The molecule has 25 heavy (non-hydrogen) atoms. The molecule has 0 aliphatic carbocycles. The van der Waals surface area contributed by atoms with E-state index in [1.54, 1.807) is 40.7 Å². The van der Waals surface area contributed by atoms with E-state index in [0.717, 1.165) is 28.5 Å². The third-order valence-electron chi connectivity index (χ3n) is 3.87. The Labute approximate surface area is 154 Å². The van der Waals surface area contributed by atoms with Crippen LogP contribution in [0.2, 0.25) is 5.02 Å². The topological polar surface area (TPSA) is 59.0 Å². The van der Waals surface area contributed by atoms with Gasteiger partial charge in [-0.15, -0.1) is 0 Å². The highest BCUT2D eigenvalue weighted by molar-refractivity contribution is 7.98. The predicted molar refractivity (Wildman–Crippen MR) is 103 cm³/mol. The van der Waals surface area contributed by atoms with E-state index in [4.69, 9.17) is 11.6 Å². The molecule has 0 bridgehead atoms. The average molecular weight is 371 g/mol. The van der Waals surface area contributed by atoms with Crippen LogP contribution in [0.5, 0.6) is 0 Å². The standard InChI is InChI=1S/C18H15ClN4OS/c19-12-5-4-6-13(9-12)20-18(24)21-17-15-10-25-11-16(15)22-23(17)14-7-2-1-3-8-14/h1-9H,10-11H2,(H2,20,21,24). The minimum atomic E-state index is -0.320. The highest BCUT2D eigenvalue weighted by Gasteiger charge is 2.24. The fourth-order valence-corrected chi connectivity index (χ4v) is 3.96. The second-order valence-corrected chi connectivity index (χ2v) is 7.03. The van der Waals surface area contributed by atoms with Crippen molar-refractivity contribution < 1.29 is 4.79 Å². The SMILES string of the molecule is O=C(Nc1cccc(Cl)c1)Nc1c2c(nn1-c1ccccc1)CSC2. The summed E-state index contributed by atoms with van der Waals surface area (Å²) in [6.45, 7) is 0. The summed E-state index contributed by atoms with van der Waals surface area (Å²) < 4.78 is 1.79. The van der Waals surface area contributed by atoms with Gasteiger partial charge in [-0.1, -0.05) is 35.9 Å². The van der Waals surface area contributed by atoms with Gasteiger partial charge in [-0.05, 0) is 30.3 Å². The minimum Gasteiger partial charge on any atom is -0.308 e. The molecule has 1 aliphatic rings. The van der Waals surface area contributed by atoms with E-state index in [-0.39, 0.29) is 6.03 Å². The minimum absolute atomic E-state index is 0.320. The quantitative estimate of drug-likeness (QED) is 0.688. The Morgan fingerprint density at radius 1 is 1.08 bits per heavy atom. The number of carbonyl (C=O) groups is 1. The maximum Gasteiger partial charge on any atom is 0.324 e. The molecular formula is C18H15ClN4OS. The third kappa shape index (κ3) is 3.36. The van der Waals surface area contributed by atoms with Gasteiger partial charge in [0.1, 0.15) is 5.82 Å². The summed E-state index contributed by atoms with van der Waals surface area (Å²) in [6, 6.07) is 16.5. The zero-order valence-corrected chi connectivity index (χ0v) is 14.8. The lowest BCUT2D eigenvalue weighted by molar-refractivity contribution is 0.262. The van der Waals surface area contributed by atoms with Crippen molar-refractivity contribution in [2.24, 2.45) is 0 Å². The van der Waals surface area contributed by atoms with Crippen molar-refractivity contribution in [3.05, 3.63) is 70.9 Å². The number of thioether (sulfide) groups is 1. The number of urea groups is 1. The first-order chi connectivity index (χ1) is 12.2. The first-order valence-electron chi connectivity index (χ1n) is 7.78. The van der Waals surface area contributed by atoms with Crippen LogP contribution < -0.4 is 10.6 Å². The molecule has 0 unspecified atom stereocenters. The smallest absolute Gasteiger partial charge is 0.308 e. The molecule has 0 saturated carbocycles. The predicted octanol–water partition coefficient (Wildman–Crippen LogP) is 4.92. The number of halogens is 1. The van der Waals surface area contributed by atoms with Gasteiger partial charge in [0.05, 0.1) is 11.4 Å². The second-order valence-electron chi connectivity index (χ2n) is 5.60. The van der Waals surface area contributed by atoms with Crippen molar-refractivity contribution in [3.63, 3.8) is 0 Å². The normalized spacial score (nSPS) is 12.7. The molecule has 2 aromatic carbocycles. The number of amides is 2. The van der Waals surface area contributed by atoms with Gasteiger partial charge in [-0.3, -0.25) is 5.32 Å². The number of aromatic nitrogens is 2. The van der Waals surface area contributed by atoms with E-state index >= 15 is 0 Å². The largest absolute Gasteiger partial charge is 0.324 e. The lowest BCUT2D eigenvalue weighted by Crippen LogP contribution is -2.22. The van der Waals surface area contributed by atoms with E-state index in [9.17, 15) is 4.79 Å². The number of nitrogens with one attached hydrogen (secondary N) is 2. The van der Waals surface area contributed by atoms with Crippen molar-refractivity contribution in [2.75, 3.05) is 10.6 Å². The van der Waals surface area contributed by atoms with Gasteiger partial charge in [-0.25, -0.2) is 9.48 Å². The summed E-state index contributed by atoms with van der Waals surface area (Å²) in [6.07, 6.45) is 0. The zero-order chi connectivity index (χ0) is 17.2. The molecular weight excluding hydrogens is 356 g/mol. The Bertz CT molecular complexity index is 926. The van der Waals surface area contributed by atoms with Crippen LogP contribution in [-0.4, -0.2) is 15.8 Å². The number of nitrogens with zero attached hydrogens (tertiary/aromatic N) is 2. The van der Waals surface area contributed by atoms with E-state index < -0.39 is 0 Å². The number of benzene rings is 2. The van der Waals surface area contributed by atoms with Crippen LogP contribution in [0.4, 0.5) is 16.3 Å². The number of hydrogen-bond acceptors (Lipinski definition) is 3. The molecule has 1 aliphatic heterocycles. The van der Waals surface area contributed by atoms with Crippen molar-refractivity contribution in [3.8, 4) is 5.69 Å². The first kappa shape index (κ1) is 16.1. The first-order valence-corrected chi connectivity index (χ1v) is 9.31. The van der Waals surface area contributed by atoms with E-state index in [2.05, 4.69) is 15.7 Å². The van der Waals surface area contributed by atoms with Gasteiger partial charge in [-0.2, -0.15) is 16.9 Å². The van der Waals surface area contributed by atoms with Crippen molar-refractivity contribution in [1.82, 2.24) is 9.78 Å². The Kier molecular flexibility index (Phi) is 4.38. The number of anilines is 2. The van der Waals surface area contributed by atoms with Gasteiger partial charge in [0.2, 0.25) is 0 Å². The molecule has 2 heterocycles.